The van der Waals surface area contributed by atoms with Crippen LogP contribution in [0.3, 0.4) is 0 Å². The Balaban J connectivity index is 2.66. The van der Waals surface area contributed by atoms with Crippen molar-refractivity contribution in [2.45, 2.75) is 26.0 Å². The molecule has 0 amide bonds. The summed E-state index contributed by atoms with van der Waals surface area (Å²) < 4.78 is 9.94. The third-order valence-corrected chi connectivity index (χ3v) is 1.81. The van der Waals surface area contributed by atoms with Crippen LogP contribution in [0.5, 0.6) is 0 Å². The Bertz CT molecular complexity index is 245. The molecule has 1 atom stereocenters. The standard InChI is InChI=1S/C8H15N3O2/c1-4-6(9-2)8-10-7(5-12-3)11-13-8/h6,9H,4-5H2,1-3H3. The van der Waals surface area contributed by atoms with Crippen LogP contribution in [0.25, 0.3) is 0 Å². The molecule has 0 saturated heterocycles. The van der Waals surface area contributed by atoms with E-state index in [2.05, 4.69) is 22.4 Å². The van der Waals surface area contributed by atoms with Crippen molar-refractivity contribution in [3.63, 3.8) is 0 Å². The highest BCUT2D eigenvalue weighted by molar-refractivity contribution is 4.91. The molecule has 5 nitrogen and oxygen atoms in total. The van der Waals surface area contributed by atoms with Gasteiger partial charge in [-0.3, -0.25) is 0 Å². The van der Waals surface area contributed by atoms with E-state index < -0.39 is 0 Å². The minimum Gasteiger partial charge on any atom is -0.377 e. The molecule has 5 heteroatoms. The SMILES string of the molecule is CCC(NC)c1nc(COC)no1. The summed E-state index contributed by atoms with van der Waals surface area (Å²) in [7, 11) is 3.47. The molecule has 13 heavy (non-hydrogen) atoms. The lowest BCUT2D eigenvalue weighted by atomic mass is 10.2. The third-order valence-electron chi connectivity index (χ3n) is 1.81. The van der Waals surface area contributed by atoms with Crippen molar-refractivity contribution < 1.29 is 9.26 Å². The number of nitrogens with zero attached hydrogens (tertiary/aromatic N) is 2. The van der Waals surface area contributed by atoms with Crippen LogP contribution in [-0.2, 0) is 11.3 Å². The molecule has 1 N–H and O–H groups in total. The van der Waals surface area contributed by atoms with Crippen LogP contribution < -0.4 is 5.32 Å². The number of methoxy groups -OCH3 is 1. The first kappa shape index (κ1) is 10.1. The number of nitrogens with one attached hydrogen (secondary N) is 1. The summed E-state index contributed by atoms with van der Waals surface area (Å²) in [5, 5.41) is 6.86. The van der Waals surface area contributed by atoms with E-state index in [1.54, 1.807) is 7.11 Å². The highest BCUT2D eigenvalue weighted by atomic mass is 16.5. The van der Waals surface area contributed by atoms with Gasteiger partial charge in [0, 0.05) is 7.11 Å². The Morgan fingerprint density at radius 2 is 2.38 bits per heavy atom. The maximum absolute atomic E-state index is 5.06. The number of ether oxygens (including phenoxy) is 1. The summed E-state index contributed by atoms with van der Waals surface area (Å²) >= 11 is 0. The van der Waals surface area contributed by atoms with Crippen molar-refractivity contribution in [2.24, 2.45) is 0 Å². The van der Waals surface area contributed by atoms with Crippen molar-refractivity contribution in [1.82, 2.24) is 15.5 Å². The second kappa shape index (κ2) is 4.94. The van der Waals surface area contributed by atoms with E-state index in [1.165, 1.54) is 0 Å². The number of aromatic nitrogens is 2. The van der Waals surface area contributed by atoms with Crippen molar-refractivity contribution >= 4 is 0 Å². The smallest absolute Gasteiger partial charge is 0.243 e. The van der Waals surface area contributed by atoms with Crippen LogP contribution in [0.4, 0.5) is 0 Å². The fourth-order valence-electron chi connectivity index (χ4n) is 1.10. The maximum Gasteiger partial charge on any atom is 0.243 e. The van der Waals surface area contributed by atoms with Gasteiger partial charge >= 0.3 is 0 Å². The highest BCUT2D eigenvalue weighted by Crippen LogP contribution is 2.13. The predicted molar refractivity (Wildman–Crippen MR) is 47.1 cm³/mol. The lowest BCUT2D eigenvalue weighted by molar-refractivity contribution is 0.174. The lowest BCUT2D eigenvalue weighted by Gasteiger charge is -2.06. The van der Waals surface area contributed by atoms with E-state index in [0.717, 1.165) is 6.42 Å². The van der Waals surface area contributed by atoms with E-state index >= 15 is 0 Å². The molecule has 1 aromatic heterocycles. The topological polar surface area (TPSA) is 60.2 Å². The van der Waals surface area contributed by atoms with Crippen LogP contribution in [-0.4, -0.2) is 24.3 Å². The van der Waals surface area contributed by atoms with Crippen molar-refractivity contribution in [2.75, 3.05) is 14.2 Å². The van der Waals surface area contributed by atoms with E-state index in [4.69, 9.17) is 9.26 Å². The molecule has 74 valence electrons. The van der Waals surface area contributed by atoms with E-state index in [0.29, 0.717) is 18.3 Å². The van der Waals surface area contributed by atoms with Crippen molar-refractivity contribution in [3.8, 4) is 0 Å². The summed E-state index contributed by atoms with van der Waals surface area (Å²) in [6.07, 6.45) is 0.922. The highest BCUT2D eigenvalue weighted by Gasteiger charge is 2.14. The largest absolute Gasteiger partial charge is 0.377 e. The van der Waals surface area contributed by atoms with Crippen LogP contribution in [0.1, 0.15) is 31.1 Å². The molecular formula is C8H15N3O2. The molecule has 0 aliphatic carbocycles. The van der Waals surface area contributed by atoms with Gasteiger partial charge < -0.3 is 14.6 Å². The first-order valence-corrected chi connectivity index (χ1v) is 4.30. The lowest BCUT2D eigenvalue weighted by Crippen LogP contribution is -2.15. The number of rotatable bonds is 5. The fraction of sp³-hybridized carbons (Fsp3) is 0.750. The van der Waals surface area contributed by atoms with E-state index in [-0.39, 0.29) is 6.04 Å². The second-order valence-corrected chi connectivity index (χ2v) is 2.73. The number of hydrogen-bond donors (Lipinski definition) is 1. The van der Waals surface area contributed by atoms with Crippen LogP contribution in [0, 0.1) is 0 Å². The summed E-state index contributed by atoms with van der Waals surface area (Å²) in [6.45, 7) is 2.45. The molecule has 1 aromatic rings. The van der Waals surface area contributed by atoms with Crippen LogP contribution >= 0.6 is 0 Å². The Kier molecular flexibility index (Phi) is 3.85. The average Bonchev–Trinajstić information content (AvgIpc) is 2.56. The Morgan fingerprint density at radius 1 is 1.62 bits per heavy atom. The molecule has 0 fully saturated rings. The van der Waals surface area contributed by atoms with Gasteiger partial charge in [-0.2, -0.15) is 4.98 Å². The molecule has 1 unspecified atom stereocenters. The first-order valence-electron chi connectivity index (χ1n) is 4.30. The zero-order chi connectivity index (χ0) is 9.68. The van der Waals surface area contributed by atoms with Gasteiger partial charge in [-0.1, -0.05) is 12.1 Å². The summed E-state index contributed by atoms with van der Waals surface area (Å²) in [4.78, 5) is 4.18. The fourth-order valence-corrected chi connectivity index (χ4v) is 1.10. The molecule has 0 saturated carbocycles. The second-order valence-electron chi connectivity index (χ2n) is 2.73. The van der Waals surface area contributed by atoms with Gasteiger partial charge in [-0.25, -0.2) is 0 Å². The van der Waals surface area contributed by atoms with Crippen molar-refractivity contribution in [3.05, 3.63) is 11.7 Å². The van der Waals surface area contributed by atoms with Gasteiger partial charge in [-0.05, 0) is 13.5 Å². The summed E-state index contributed by atoms with van der Waals surface area (Å²) in [5.41, 5.74) is 0. The molecule has 0 aromatic carbocycles. The van der Waals surface area contributed by atoms with Gasteiger partial charge in [0.05, 0.1) is 6.04 Å². The monoisotopic (exact) mass is 185 g/mol. The van der Waals surface area contributed by atoms with Gasteiger partial charge in [0.25, 0.3) is 0 Å². The minimum atomic E-state index is 0.137. The van der Waals surface area contributed by atoms with Gasteiger partial charge in [-0.15, -0.1) is 0 Å². The zero-order valence-electron chi connectivity index (χ0n) is 8.20. The molecule has 1 rings (SSSR count). The Morgan fingerprint density at radius 3 is 2.92 bits per heavy atom. The molecule has 0 radical (unpaired) electrons. The molecule has 0 aliphatic rings. The maximum atomic E-state index is 5.06. The molecular weight excluding hydrogens is 170 g/mol. The van der Waals surface area contributed by atoms with E-state index in [9.17, 15) is 0 Å². The Labute approximate surface area is 77.5 Å². The average molecular weight is 185 g/mol. The van der Waals surface area contributed by atoms with Crippen LogP contribution in [0.15, 0.2) is 4.52 Å². The van der Waals surface area contributed by atoms with Gasteiger partial charge in [0.2, 0.25) is 5.89 Å². The summed E-state index contributed by atoms with van der Waals surface area (Å²) in [5.74, 6) is 1.21. The molecule has 1 heterocycles. The molecule has 0 bridgehead atoms. The van der Waals surface area contributed by atoms with Gasteiger partial charge in [0.15, 0.2) is 5.82 Å². The van der Waals surface area contributed by atoms with E-state index in [1.807, 2.05) is 7.05 Å². The number of hydrogen-bond acceptors (Lipinski definition) is 5. The van der Waals surface area contributed by atoms with Crippen LogP contribution in [0.2, 0.25) is 0 Å². The quantitative estimate of drug-likeness (QED) is 0.738. The third kappa shape index (κ3) is 2.50. The minimum absolute atomic E-state index is 0.137. The molecule has 0 aliphatic heterocycles. The van der Waals surface area contributed by atoms with Gasteiger partial charge in [0.1, 0.15) is 6.61 Å². The molecule has 0 spiro atoms. The Hall–Kier alpha value is -0.940. The normalized spacial score (nSPS) is 13.2. The zero-order valence-corrected chi connectivity index (χ0v) is 8.20. The van der Waals surface area contributed by atoms with Crippen molar-refractivity contribution in [1.29, 1.82) is 0 Å². The summed E-state index contributed by atoms with van der Waals surface area (Å²) in [6, 6.07) is 0.137. The first-order chi connectivity index (χ1) is 6.31. The predicted octanol–water partition coefficient (Wildman–Crippen LogP) is 0.886.